The number of imidazole rings is 1. The van der Waals surface area contributed by atoms with Crippen molar-refractivity contribution in [2.45, 2.75) is 19.6 Å². The molecule has 1 fully saturated rings. The van der Waals surface area contributed by atoms with Crippen molar-refractivity contribution in [2.24, 2.45) is 0 Å². The number of carbonyl (C=O) groups is 1. The number of carbonyl (C=O) groups excluding carboxylic acids is 1. The molecule has 27 heavy (non-hydrogen) atoms. The zero-order valence-corrected chi connectivity index (χ0v) is 15.7. The van der Waals surface area contributed by atoms with Crippen LogP contribution in [0.15, 0.2) is 53.2 Å². The molecule has 0 spiro atoms. The molecular weight excluding hydrogens is 366 g/mol. The zero-order valence-electron chi connectivity index (χ0n) is 15.0. The SMILES string of the molecule is CC(=O)N1CCOC(Cn2ccnc2-c2ccc(-c3ccccc3Cl)o2)C1. The Labute approximate surface area is 162 Å². The van der Waals surface area contributed by atoms with Crippen LogP contribution in [0, 0.1) is 0 Å². The number of halogens is 1. The molecule has 0 aliphatic carbocycles. The number of rotatable bonds is 4. The first-order valence-electron chi connectivity index (χ1n) is 8.85. The summed E-state index contributed by atoms with van der Waals surface area (Å²) in [5, 5.41) is 0.640. The fraction of sp³-hybridized carbons (Fsp3) is 0.300. The van der Waals surface area contributed by atoms with E-state index in [0.717, 1.165) is 11.4 Å². The van der Waals surface area contributed by atoms with Gasteiger partial charge in [-0.1, -0.05) is 23.7 Å². The number of furan rings is 1. The minimum absolute atomic E-state index is 0.0737. The standard InChI is InChI=1S/C20H20ClN3O3/c1-14(25)23-10-11-26-15(12-23)13-24-9-8-22-20(24)19-7-6-18(27-19)16-4-2-3-5-17(16)21/h2-9,15H,10-13H2,1H3. The number of benzene rings is 1. The van der Waals surface area contributed by atoms with Gasteiger partial charge in [-0.15, -0.1) is 0 Å². The van der Waals surface area contributed by atoms with Gasteiger partial charge < -0.3 is 18.6 Å². The second-order valence-electron chi connectivity index (χ2n) is 6.50. The van der Waals surface area contributed by atoms with Crippen LogP contribution in [0.3, 0.4) is 0 Å². The molecular formula is C20H20ClN3O3. The molecule has 3 heterocycles. The maximum Gasteiger partial charge on any atom is 0.219 e. The van der Waals surface area contributed by atoms with Crippen LogP contribution >= 0.6 is 11.6 Å². The van der Waals surface area contributed by atoms with Crippen molar-refractivity contribution in [2.75, 3.05) is 19.7 Å². The van der Waals surface area contributed by atoms with Crippen molar-refractivity contribution >= 4 is 17.5 Å². The first-order chi connectivity index (χ1) is 13.1. The van der Waals surface area contributed by atoms with Crippen molar-refractivity contribution in [3.05, 3.63) is 53.8 Å². The molecule has 1 amide bonds. The van der Waals surface area contributed by atoms with Crippen LogP contribution < -0.4 is 0 Å². The van der Waals surface area contributed by atoms with Crippen LogP contribution in [-0.2, 0) is 16.1 Å². The molecule has 1 aromatic carbocycles. The van der Waals surface area contributed by atoms with E-state index in [1.54, 1.807) is 13.1 Å². The Kier molecular flexibility index (Phi) is 5.01. The molecule has 1 unspecified atom stereocenters. The molecule has 0 bridgehead atoms. The first-order valence-corrected chi connectivity index (χ1v) is 9.23. The highest BCUT2D eigenvalue weighted by Crippen LogP contribution is 2.32. The Morgan fingerprint density at radius 3 is 2.89 bits per heavy atom. The van der Waals surface area contributed by atoms with Gasteiger partial charge in [0, 0.05) is 38.0 Å². The summed E-state index contributed by atoms with van der Waals surface area (Å²) in [6.45, 7) is 3.95. The molecule has 3 aromatic rings. The summed E-state index contributed by atoms with van der Waals surface area (Å²) < 4.78 is 13.8. The summed E-state index contributed by atoms with van der Waals surface area (Å²) in [7, 11) is 0. The van der Waals surface area contributed by atoms with Crippen LogP contribution in [0.2, 0.25) is 5.02 Å². The molecule has 1 aliphatic heterocycles. The van der Waals surface area contributed by atoms with Gasteiger partial charge in [-0.05, 0) is 24.3 Å². The quantitative estimate of drug-likeness (QED) is 0.686. The maximum absolute atomic E-state index is 11.6. The molecule has 7 heteroatoms. The lowest BCUT2D eigenvalue weighted by Crippen LogP contribution is -2.46. The number of morpholine rings is 1. The Bertz CT molecular complexity index is 949. The number of ether oxygens (including phenoxy) is 1. The zero-order chi connectivity index (χ0) is 18.8. The van der Waals surface area contributed by atoms with Gasteiger partial charge in [0.1, 0.15) is 5.76 Å². The van der Waals surface area contributed by atoms with Gasteiger partial charge in [0.05, 0.1) is 24.3 Å². The molecule has 1 atom stereocenters. The molecule has 0 radical (unpaired) electrons. The normalized spacial score (nSPS) is 17.3. The summed E-state index contributed by atoms with van der Waals surface area (Å²) in [6, 6.07) is 11.3. The predicted octanol–water partition coefficient (Wildman–Crippen LogP) is 3.71. The van der Waals surface area contributed by atoms with E-state index in [9.17, 15) is 4.79 Å². The summed E-state index contributed by atoms with van der Waals surface area (Å²) in [6.07, 6.45) is 3.55. The number of hydrogen-bond acceptors (Lipinski definition) is 4. The van der Waals surface area contributed by atoms with E-state index >= 15 is 0 Å². The lowest BCUT2D eigenvalue weighted by molar-refractivity contribution is -0.136. The second-order valence-corrected chi connectivity index (χ2v) is 6.91. The molecule has 0 saturated carbocycles. The van der Waals surface area contributed by atoms with Crippen molar-refractivity contribution in [1.29, 1.82) is 0 Å². The van der Waals surface area contributed by atoms with Crippen LogP contribution in [0.5, 0.6) is 0 Å². The Hall–Kier alpha value is -2.57. The number of hydrogen-bond donors (Lipinski definition) is 0. The van der Waals surface area contributed by atoms with Gasteiger partial charge in [-0.3, -0.25) is 4.79 Å². The maximum atomic E-state index is 11.6. The summed E-state index contributed by atoms with van der Waals surface area (Å²) in [5.74, 6) is 2.15. The van der Waals surface area contributed by atoms with Gasteiger partial charge in [0.15, 0.2) is 11.6 Å². The highest BCUT2D eigenvalue weighted by atomic mass is 35.5. The predicted molar refractivity (Wildman–Crippen MR) is 102 cm³/mol. The summed E-state index contributed by atoms with van der Waals surface area (Å²) >= 11 is 6.26. The molecule has 140 valence electrons. The van der Waals surface area contributed by atoms with Crippen molar-refractivity contribution in [3.8, 4) is 22.9 Å². The Balaban J connectivity index is 1.54. The van der Waals surface area contributed by atoms with E-state index in [1.165, 1.54) is 0 Å². The highest BCUT2D eigenvalue weighted by molar-refractivity contribution is 6.33. The van der Waals surface area contributed by atoms with E-state index < -0.39 is 0 Å². The Morgan fingerprint density at radius 2 is 2.07 bits per heavy atom. The van der Waals surface area contributed by atoms with E-state index in [1.807, 2.05) is 52.1 Å². The van der Waals surface area contributed by atoms with E-state index in [-0.39, 0.29) is 12.0 Å². The fourth-order valence-corrected chi connectivity index (χ4v) is 3.51. The van der Waals surface area contributed by atoms with E-state index in [2.05, 4.69) is 4.98 Å². The average Bonchev–Trinajstić information content (AvgIpc) is 3.31. The van der Waals surface area contributed by atoms with Crippen LogP contribution in [0.1, 0.15) is 6.92 Å². The third kappa shape index (κ3) is 3.77. The van der Waals surface area contributed by atoms with Crippen molar-refractivity contribution < 1.29 is 13.9 Å². The topological polar surface area (TPSA) is 60.5 Å². The van der Waals surface area contributed by atoms with Crippen LogP contribution in [0.4, 0.5) is 0 Å². The molecule has 1 aliphatic rings. The number of aromatic nitrogens is 2. The minimum Gasteiger partial charge on any atom is -0.453 e. The summed E-state index contributed by atoms with van der Waals surface area (Å²) in [4.78, 5) is 17.9. The van der Waals surface area contributed by atoms with E-state index in [4.69, 9.17) is 20.8 Å². The molecule has 6 nitrogen and oxygen atoms in total. The molecule has 4 rings (SSSR count). The van der Waals surface area contributed by atoms with Crippen LogP contribution in [0.25, 0.3) is 22.9 Å². The van der Waals surface area contributed by atoms with Crippen LogP contribution in [-0.4, -0.2) is 46.2 Å². The van der Waals surface area contributed by atoms with Gasteiger partial charge in [0.25, 0.3) is 0 Å². The van der Waals surface area contributed by atoms with Crippen molar-refractivity contribution in [1.82, 2.24) is 14.5 Å². The van der Waals surface area contributed by atoms with Crippen molar-refractivity contribution in [3.63, 3.8) is 0 Å². The third-order valence-corrected chi connectivity index (χ3v) is 5.00. The minimum atomic E-state index is -0.0754. The van der Waals surface area contributed by atoms with Gasteiger partial charge in [-0.2, -0.15) is 0 Å². The average molecular weight is 386 g/mol. The largest absolute Gasteiger partial charge is 0.453 e. The Morgan fingerprint density at radius 1 is 1.26 bits per heavy atom. The highest BCUT2D eigenvalue weighted by Gasteiger charge is 2.24. The van der Waals surface area contributed by atoms with Gasteiger partial charge >= 0.3 is 0 Å². The van der Waals surface area contributed by atoms with Gasteiger partial charge in [0.2, 0.25) is 5.91 Å². The fourth-order valence-electron chi connectivity index (χ4n) is 3.28. The van der Waals surface area contributed by atoms with E-state index in [0.29, 0.717) is 42.8 Å². The van der Waals surface area contributed by atoms with Gasteiger partial charge in [-0.25, -0.2) is 4.98 Å². The summed E-state index contributed by atoms with van der Waals surface area (Å²) in [5.41, 5.74) is 0.844. The first kappa shape index (κ1) is 17.8. The second kappa shape index (κ2) is 7.58. The third-order valence-electron chi connectivity index (χ3n) is 4.67. The smallest absolute Gasteiger partial charge is 0.219 e. The lowest BCUT2D eigenvalue weighted by Gasteiger charge is -2.32. The number of amides is 1. The molecule has 2 aromatic heterocycles. The number of nitrogens with zero attached hydrogens (tertiary/aromatic N) is 3. The lowest BCUT2D eigenvalue weighted by atomic mass is 10.2. The molecule has 1 saturated heterocycles. The monoisotopic (exact) mass is 385 g/mol. The molecule has 0 N–H and O–H groups in total.